The smallest absolute Gasteiger partial charge is 0.0235 e. The normalized spacial score (nSPS) is 31.2. The lowest BCUT2D eigenvalue weighted by Gasteiger charge is -2.29. The van der Waals surface area contributed by atoms with Crippen LogP contribution in [0, 0.1) is 5.92 Å². The fraction of sp³-hybridized carbons (Fsp3) is 1.00. The first-order valence-corrected chi connectivity index (χ1v) is 7.50. The van der Waals surface area contributed by atoms with Crippen LogP contribution < -0.4 is 5.32 Å². The second kappa shape index (κ2) is 6.72. The van der Waals surface area contributed by atoms with Gasteiger partial charge in [0.2, 0.25) is 0 Å². The lowest BCUT2D eigenvalue weighted by Crippen LogP contribution is -2.40. The Bertz CT molecular complexity index is 210. The summed E-state index contributed by atoms with van der Waals surface area (Å²) in [5, 5.41) is 3.53. The number of hydrogen-bond acceptors (Lipinski definition) is 3. The Kier molecular flexibility index (Phi) is 5.26. The molecule has 17 heavy (non-hydrogen) atoms. The number of hydrogen-bond donors (Lipinski definition) is 1. The van der Waals surface area contributed by atoms with E-state index in [0.29, 0.717) is 0 Å². The molecule has 2 fully saturated rings. The van der Waals surface area contributed by atoms with Crippen molar-refractivity contribution in [1.82, 2.24) is 15.1 Å². The summed E-state index contributed by atoms with van der Waals surface area (Å²) in [6, 6.07) is 0.821. The summed E-state index contributed by atoms with van der Waals surface area (Å²) in [4.78, 5) is 5.32. The third kappa shape index (κ3) is 3.67. The summed E-state index contributed by atoms with van der Waals surface area (Å²) in [6.45, 7) is 13.4. The Morgan fingerprint density at radius 3 is 2.71 bits per heavy atom. The summed E-state index contributed by atoms with van der Waals surface area (Å²) < 4.78 is 0. The third-order valence-electron chi connectivity index (χ3n) is 4.49. The Hall–Kier alpha value is -0.120. The van der Waals surface area contributed by atoms with Crippen LogP contribution >= 0.6 is 0 Å². The van der Waals surface area contributed by atoms with Crippen molar-refractivity contribution in [1.29, 1.82) is 0 Å². The SMILES string of the molecule is CCN(CC)C1CCN(C[C@H]2CCCNC2)C1. The average Bonchev–Trinajstić information content (AvgIpc) is 2.81. The topological polar surface area (TPSA) is 18.5 Å². The van der Waals surface area contributed by atoms with Gasteiger partial charge in [0, 0.05) is 19.1 Å². The maximum absolute atomic E-state index is 3.53. The van der Waals surface area contributed by atoms with Crippen molar-refractivity contribution in [3.8, 4) is 0 Å². The predicted molar refractivity (Wildman–Crippen MR) is 73.4 cm³/mol. The fourth-order valence-corrected chi connectivity index (χ4v) is 3.46. The molecule has 1 unspecified atom stereocenters. The average molecular weight is 239 g/mol. The quantitative estimate of drug-likeness (QED) is 0.782. The summed E-state index contributed by atoms with van der Waals surface area (Å²) in [5.41, 5.74) is 0. The van der Waals surface area contributed by atoms with Gasteiger partial charge in [-0.3, -0.25) is 4.90 Å². The molecule has 0 aromatic carbocycles. The van der Waals surface area contributed by atoms with Crippen LogP contribution in [-0.2, 0) is 0 Å². The molecule has 0 aromatic rings. The van der Waals surface area contributed by atoms with Crippen molar-refractivity contribution in [3.63, 3.8) is 0 Å². The first-order chi connectivity index (χ1) is 8.33. The zero-order chi connectivity index (χ0) is 12.1. The van der Waals surface area contributed by atoms with E-state index in [1.165, 1.54) is 65.1 Å². The van der Waals surface area contributed by atoms with E-state index in [1.807, 2.05) is 0 Å². The molecule has 0 aromatic heterocycles. The minimum atomic E-state index is 0.821. The van der Waals surface area contributed by atoms with Gasteiger partial charge in [-0.2, -0.15) is 0 Å². The molecule has 0 saturated carbocycles. The molecular weight excluding hydrogens is 210 g/mol. The van der Waals surface area contributed by atoms with Gasteiger partial charge in [0.05, 0.1) is 0 Å². The molecule has 2 aliphatic rings. The predicted octanol–water partition coefficient (Wildman–Crippen LogP) is 1.40. The highest BCUT2D eigenvalue weighted by atomic mass is 15.2. The largest absolute Gasteiger partial charge is 0.316 e. The molecule has 2 rings (SSSR count). The van der Waals surface area contributed by atoms with Gasteiger partial charge in [-0.05, 0) is 57.9 Å². The Balaban J connectivity index is 1.73. The lowest BCUT2D eigenvalue weighted by atomic mass is 9.99. The van der Waals surface area contributed by atoms with E-state index < -0.39 is 0 Å². The minimum Gasteiger partial charge on any atom is -0.316 e. The Morgan fingerprint density at radius 2 is 2.06 bits per heavy atom. The molecule has 2 heterocycles. The van der Waals surface area contributed by atoms with E-state index in [1.54, 1.807) is 0 Å². The van der Waals surface area contributed by atoms with Gasteiger partial charge in [0.1, 0.15) is 0 Å². The molecule has 0 radical (unpaired) electrons. The number of rotatable bonds is 5. The van der Waals surface area contributed by atoms with E-state index >= 15 is 0 Å². The maximum Gasteiger partial charge on any atom is 0.0235 e. The molecule has 2 atom stereocenters. The first kappa shape index (κ1) is 13.3. The van der Waals surface area contributed by atoms with Crippen LogP contribution in [-0.4, -0.2) is 61.7 Å². The number of piperidine rings is 1. The molecule has 2 aliphatic heterocycles. The fourth-order valence-electron chi connectivity index (χ4n) is 3.46. The van der Waals surface area contributed by atoms with Crippen LogP contribution in [0.25, 0.3) is 0 Å². The van der Waals surface area contributed by atoms with Crippen LogP contribution in [0.3, 0.4) is 0 Å². The maximum atomic E-state index is 3.53. The van der Waals surface area contributed by atoms with Crippen molar-refractivity contribution in [2.24, 2.45) is 5.92 Å². The third-order valence-corrected chi connectivity index (χ3v) is 4.49. The molecule has 100 valence electrons. The van der Waals surface area contributed by atoms with Crippen LogP contribution in [0.15, 0.2) is 0 Å². The van der Waals surface area contributed by atoms with Gasteiger partial charge in [-0.25, -0.2) is 0 Å². The first-order valence-electron chi connectivity index (χ1n) is 7.50. The number of likely N-dealkylation sites (N-methyl/N-ethyl adjacent to an activating group) is 1. The van der Waals surface area contributed by atoms with E-state index in [2.05, 4.69) is 29.0 Å². The highest BCUT2D eigenvalue weighted by Gasteiger charge is 2.27. The molecule has 3 nitrogen and oxygen atoms in total. The lowest BCUT2D eigenvalue weighted by molar-refractivity contribution is 0.194. The Morgan fingerprint density at radius 1 is 1.24 bits per heavy atom. The summed E-state index contributed by atoms with van der Waals surface area (Å²) in [6.07, 6.45) is 4.18. The Labute approximate surface area is 107 Å². The van der Waals surface area contributed by atoms with E-state index in [-0.39, 0.29) is 0 Å². The molecule has 0 aliphatic carbocycles. The van der Waals surface area contributed by atoms with Crippen LogP contribution in [0.4, 0.5) is 0 Å². The molecular formula is C14H29N3. The van der Waals surface area contributed by atoms with E-state index in [4.69, 9.17) is 0 Å². The summed E-state index contributed by atoms with van der Waals surface area (Å²) in [7, 11) is 0. The highest BCUT2D eigenvalue weighted by molar-refractivity contribution is 4.84. The molecule has 0 bridgehead atoms. The second-order valence-electron chi connectivity index (χ2n) is 5.64. The van der Waals surface area contributed by atoms with Crippen LogP contribution in [0.2, 0.25) is 0 Å². The van der Waals surface area contributed by atoms with Gasteiger partial charge >= 0.3 is 0 Å². The van der Waals surface area contributed by atoms with Gasteiger partial charge < -0.3 is 10.2 Å². The summed E-state index contributed by atoms with van der Waals surface area (Å²) >= 11 is 0. The summed E-state index contributed by atoms with van der Waals surface area (Å²) in [5.74, 6) is 0.902. The number of nitrogens with one attached hydrogen (secondary N) is 1. The molecule has 0 spiro atoms. The zero-order valence-electron chi connectivity index (χ0n) is 11.6. The molecule has 1 N–H and O–H groups in total. The van der Waals surface area contributed by atoms with Crippen molar-refractivity contribution < 1.29 is 0 Å². The highest BCUT2D eigenvalue weighted by Crippen LogP contribution is 2.19. The molecule has 0 amide bonds. The van der Waals surface area contributed by atoms with Crippen LogP contribution in [0.5, 0.6) is 0 Å². The second-order valence-corrected chi connectivity index (χ2v) is 5.64. The van der Waals surface area contributed by atoms with Crippen molar-refractivity contribution in [2.45, 2.75) is 39.2 Å². The monoisotopic (exact) mass is 239 g/mol. The molecule has 2 saturated heterocycles. The van der Waals surface area contributed by atoms with Crippen molar-refractivity contribution in [3.05, 3.63) is 0 Å². The zero-order valence-corrected chi connectivity index (χ0v) is 11.6. The minimum absolute atomic E-state index is 0.821. The van der Waals surface area contributed by atoms with Gasteiger partial charge in [0.25, 0.3) is 0 Å². The number of nitrogens with zero attached hydrogens (tertiary/aromatic N) is 2. The van der Waals surface area contributed by atoms with E-state index in [9.17, 15) is 0 Å². The van der Waals surface area contributed by atoms with E-state index in [0.717, 1.165) is 12.0 Å². The van der Waals surface area contributed by atoms with Crippen molar-refractivity contribution in [2.75, 3.05) is 45.8 Å². The standard InChI is InChI=1S/C14H29N3/c1-3-17(4-2)14-7-9-16(12-14)11-13-6-5-8-15-10-13/h13-15H,3-12H2,1-2H3/t13-,14?/m0/s1. The molecule has 3 heteroatoms. The van der Waals surface area contributed by atoms with Gasteiger partial charge in [-0.1, -0.05) is 13.8 Å². The van der Waals surface area contributed by atoms with Gasteiger partial charge in [-0.15, -0.1) is 0 Å². The van der Waals surface area contributed by atoms with Crippen molar-refractivity contribution >= 4 is 0 Å². The van der Waals surface area contributed by atoms with Gasteiger partial charge in [0.15, 0.2) is 0 Å². The van der Waals surface area contributed by atoms with Crippen LogP contribution in [0.1, 0.15) is 33.1 Å². The number of likely N-dealkylation sites (tertiary alicyclic amines) is 1.